The van der Waals surface area contributed by atoms with Crippen molar-refractivity contribution in [3.63, 3.8) is 0 Å². The first-order valence-electron chi connectivity index (χ1n) is 9.10. The highest BCUT2D eigenvalue weighted by molar-refractivity contribution is 6.31. The Hall–Kier alpha value is -2.53. The molecule has 0 unspecified atom stereocenters. The zero-order valence-corrected chi connectivity index (χ0v) is 16.0. The van der Waals surface area contributed by atoms with Crippen molar-refractivity contribution in [3.05, 3.63) is 59.1 Å². The first-order valence-corrected chi connectivity index (χ1v) is 9.48. The van der Waals surface area contributed by atoms with Crippen molar-refractivity contribution in [2.24, 2.45) is 0 Å². The van der Waals surface area contributed by atoms with Crippen molar-refractivity contribution >= 4 is 29.1 Å². The lowest BCUT2D eigenvalue weighted by Crippen LogP contribution is -2.42. The lowest BCUT2D eigenvalue weighted by Gasteiger charge is -2.33. The third-order valence-corrected chi connectivity index (χ3v) is 4.66. The molecule has 0 spiro atoms. The number of benzene rings is 2. The Morgan fingerprint density at radius 2 is 1.96 bits per heavy atom. The van der Waals surface area contributed by atoms with E-state index in [1.54, 1.807) is 23.1 Å². The summed E-state index contributed by atoms with van der Waals surface area (Å²) in [5, 5.41) is 3.42. The molecule has 0 aliphatic carbocycles. The summed E-state index contributed by atoms with van der Waals surface area (Å²) >= 11 is 6.06. The molecule has 0 radical (unpaired) electrons. The van der Waals surface area contributed by atoms with Crippen molar-refractivity contribution in [2.45, 2.75) is 32.3 Å². The van der Waals surface area contributed by atoms with Gasteiger partial charge in [-0.15, -0.1) is 0 Å². The first-order chi connectivity index (χ1) is 13.0. The summed E-state index contributed by atoms with van der Waals surface area (Å²) in [6, 6.07) is 15.2. The fourth-order valence-electron chi connectivity index (χ4n) is 3.08. The second kappa shape index (κ2) is 8.91. The van der Waals surface area contributed by atoms with Gasteiger partial charge in [-0.2, -0.15) is 0 Å². The van der Waals surface area contributed by atoms with Crippen LogP contribution in [0.5, 0.6) is 5.75 Å². The van der Waals surface area contributed by atoms with Crippen LogP contribution in [0.1, 0.15) is 25.3 Å². The van der Waals surface area contributed by atoms with Crippen LogP contribution in [-0.2, 0) is 16.0 Å². The normalized spacial score (nSPS) is 15.6. The van der Waals surface area contributed by atoms with E-state index in [4.69, 9.17) is 16.3 Å². The van der Waals surface area contributed by atoms with E-state index >= 15 is 0 Å². The second-order valence-electron chi connectivity index (χ2n) is 6.63. The number of amides is 2. The third kappa shape index (κ3) is 5.23. The van der Waals surface area contributed by atoms with E-state index in [2.05, 4.69) is 5.32 Å². The fourth-order valence-corrected chi connectivity index (χ4v) is 3.25. The summed E-state index contributed by atoms with van der Waals surface area (Å²) in [5.41, 5.74) is 1.83. The van der Waals surface area contributed by atoms with Crippen LogP contribution >= 0.6 is 11.6 Å². The molecule has 0 aromatic heterocycles. The molecular formula is C21H23ClN2O3. The minimum atomic E-state index is -0.119. The Morgan fingerprint density at radius 1 is 1.19 bits per heavy atom. The molecule has 6 heteroatoms. The Labute approximate surface area is 164 Å². The van der Waals surface area contributed by atoms with Gasteiger partial charge < -0.3 is 15.0 Å². The molecule has 1 aliphatic heterocycles. The molecule has 0 saturated carbocycles. The average Bonchev–Trinajstić information content (AvgIpc) is 2.66. The zero-order valence-electron chi connectivity index (χ0n) is 15.3. The maximum absolute atomic E-state index is 12.7. The molecule has 0 bridgehead atoms. The Kier molecular flexibility index (Phi) is 6.35. The van der Waals surface area contributed by atoms with Crippen LogP contribution in [0.4, 0.5) is 5.69 Å². The number of carbonyl (C=O) groups is 2. The number of hydrogen-bond acceptors (Lipinski definition) is 3. The maximum atomic E-state index is 12.7. The Bertz CT molecular complexity index is 810. The fraction of sp³-hybridized carbons (Fsp3) is 0.333. The van der Waals surface area contributed by atoms with Gasteiger partial charge in [-0.05, 0) is 37.1 Å². The number of nitrogens with one attached hydrogen (secondary N) is 1. The summed E-state index contributed by atoms with van der Waals surface area (Å²) in [4.78, 5) is 26.4. The zero-order chi connectivity index (χ0) is 19.2. The van der Waals surface area contributed by atoms with E-state index in [1.165, 1.54) is 5.56 Å². The lowest BCUT2D eigenvalue weighted by atomic mass is 10.1. The first kappa shape index (κ1) is 19.2. The average molecular weight is 387 g/mol. The molecule has 2 aromatic rings. The number of carbonyl (C=O) groups excluding carboxylic acids is 2. The van der Waals surface area contributed by atoms with E-state index in [-0.39, 0.29) is 30.8 Å². The number of ether oxygens (including phenoxy) is 1. The van der Waals surface area contributed by atoms with Gasteiger partial charge in [0.05, 0.1) is 12.2 Å². The van der Waals surface area contributed by atoms with Gasteiger partial charge in [-0.1, -0.05) is 41.9 Å². The summed E-state index contributed by atoms with van der Waals surface area (Å²) in [6.45, 7) is 2.92. The van der Waals surface area contributed by atoms with Crippen LogP contribution in [0, 0.1) is 0 Å². The number of hydrogen-bond donors (Lipinski definition) is 1. The van der Waals surface area contributed by atoms with Crippen molar-refractivity contribution in [1.29, 1.82) is 0 Å². The minimum Gasteiger partial charge on any atom is -0.487 e. The van der Waals surface area contributed by atoms with Crippen LogP contribution in [0.15, 0.2) is 48.5 Å². The smallest absolute Gasteiger partial charge is 0.227 e. The standard InChI is InChI=1S/C21H23ClN2O3/c1-15-14-24(18-13-17(22)7-8-19(18)27-15)21(26)10-9-20(25)23-12-11-16-5-3-2-4-6-16/h2-8,13,15H,9-12,14H2,1H3,(H,23,25)/t15-/m1/s1. The number of anilines is 1. The molecule has 5 nitrogen and oxygen atoms in total. The van der Waals surface area contributed by atoms with Gasteiger partial charge in [0, 0.05) is 24.4 Å². The Balaban J connectivity index is 1.50. The van der Waals surface area contributed by atoms with E-state index in [0.717, 1.165) is 6.42 Å². The largest absolute Gasteiger partial charge is 0.487 e. The molecule has 142 valence electrons. The van der Waals surface area contributed by atoms with Gasteiger partial charge in [-0.3, -0.25) is 9.59 Å². The Morgan fingerprint density at radius 3 is 2.74 bits per heavy atom. The maximum Gasteiger partial charge on any atom is 0.227 e. The SMILES string of the molecule is C[C@@H]1CN(C(=O)CCC(=O)NCCc2ccccc2)c2cc(Cl)ccc2O1. The molecule has 1 aliphatic rings. The molecule has 2 amide bonds. The van der Waals surface area contributed by atoms with Crippen molar-refractivity contribution < 1.29 is 14.3 Å². The summed E-state index contributed by atoms with van der Waals surface area (Å²) in [5.74, 6) is 0.414. The van der Waals surface area contributed by atoms with Crippen LogP contribution in [0.3, 0.4) is 0 Å². The van der Waals surface area contributed by atoms with E-state index in [9.17, 15) is 9.59 Å². The van der Waals surface area contributed by atoms with Crippen LogP contribution in [0.2, 0.25) is 5.02 Å². The van der Waals surface area contributed by atoms with Gasteiger partial charge in [0.25, 0.3) is 0 Å². The van der Waals surface area contributed by atoms with E-state index < -0.39 is 0 Å². The number of nitrogens with zero attached hydrogens (tertiary/aromatic N) is 1. The molecule has 0 fully saturated rings. The van der Waals surface area contributed by atoms with Gasteiger partial charge in [0.2, 0.25) is 11.8 Å². The number of halogens is 1. The van der Waals surface area contributed by atoms with Gasteiger partial charge in [0.1, 0.15) is 11.9 Å². The monoisotopic (exact) mass is 386 g/mol. The van der Waals surface area contributed by atoms with Crippen molar-refractivity contribution in [1.82, 2.24) is 5.32 Å². The second-order valence-corrected chi connectivity index (χ2v) is 7.07. The lowest BCUT2D eigenvalue weighted by molar-refractivity contribution is -0.125. The molecule has 1 N–H and O–H groups in total. The van der Waals surface area contributed by atoms with E-state index in [1.807, 2.05) is 37.3 Å². The predicted octanol–water partition coefficient (Wildman–Crippen LogP) is 3.59. The summed E-state index contributed by atoms with van der Waals surface area (Å²) in [6.07, 6.45) is 0.973. The molecule has 0 saturated heterocycles. The molecule has 1 heterocycles. The quantitative estimate of drug-likeness (QED) is 0.825. The third-order valence-electron chi connectivity index (χ3n) is 4.43. The topological polar surface area (TPSA) is 58.6 Å². The van der Waals surface area contributed by atoms with Crippen LogP contribution < -0.4 is 15.0 Å². The molecule has 1 atom stereocenters. The van der Waals surface area contributed by atoms with E-state index in [0.29, 0.717) is 29.5 Å². The van der Waals surface area contributed by atoms with Crippen LogP contribution in [0.25, 0.3) is 0 Å². The number of rotatable bonds is 6. The molecular weight excluding hydrogens is 364 g/mol. The highest BCUT2D eigenvalue weighted by Gasteiger charge is 2.27. The highest BCUT2D eigenvalue weighted by Crippen LogP contribution is 2.36. The van der Waals surface area contributed by atoms with Gasteiger partial charge in [0.15, 0.2) is 0 Å². The minimum absolute atomic E-state index is 0.105. The van der Waals surface area contributed by atoms with Crippen molar-refractivity contribution in [3.8, 4) is 5.75 Å². The van der Waals surface area contributed by atoms with Crippen molar-refractivity contribution in [2.75, 3.05) is 18.0 Å². The van der Waals surface area contributed by atoms with Crippen LogP contribution in [-0.4, -0.2) is 31.0 Å². The highest BCUT2D eigenvalue weighted by atomic mass is 35.5. The molecule has 2 aromatic carbocycles. The van der Waals surface area contributed by atoms with Gasteiger partial charge >= 0.3 is 0 Å². The summed E-state index contributed by atoms with van der Waals surface area (Å²) < 4.78 is 5.76. The summed E-state index contributed by atoms with van der Waals surface area (Å²) in [7, 11) is 0. The number of fused-ring (bicyclic) bond motifs is 1. The molecule has 27 heavy (non-hydrogen) atoms. The molecule has 3 rings (SSSR count). The van der Waals surface area contributed by atoms with Gasteiger partial charge in [-0.25, -0.2) is 0 Å². The predicted molar refractivity (Wildman–Crippen MR) is 106 cm³/mol.